The highest BCUT2D eigenvalue weighted by atomic mass is 35.5. The van der Waals surface area contributed by atoms with Crippen molar-refractivity contribution in [1.29, 1.82) is 0 Å². The summed E-state index contributed by atoms with van der Waals surface area (Å²) in [6.07, 6.45) is 1.63. The number of carbonyl (C=O) groups excluding carboxylic acids is 1. The Bertz CT molecular complexity index is 651. The first-order chi connectivity index (χ1) is 10.1. The van der Waals surface area contributed by atoms with Crippen LogP contribution in [0.5, 0.6) is 0 Å². The molecule has 0 radical (unpaired) electrons. The van der Waals surface area contributed by atoms with E-state index in [0.717, 1.165) is 5.56 Å². The van der Waals surface area contributed by atoms with Gasteiger partial charge in [0.15, 0.2) is 0 Å². The van der Waals surface area contributed by atoms with Crippen molar-refractivity contribution in [1.82, 2.24) is 10.3 Å². The van der Waals surface area contributed by atoms with Crippen LogP contribution in [-0.4, -0.2) is 16.6 Å². The molecule has 1 amide bonds. The molecule has 110 valence electrons. The van der Waals surface area contributed by atoms with Crippen LogP contribution in [0.2, 0.25) is 5.02 Å². The number of nitrogens with one attached hydrogen (secondary N) is 1. The van der Waals surface area contributed by atoms with Crippen LogP contribution >= 0.6 is 23.4 Å². The van der Waals surface area contributed by atoms with Crippen molar-refractivity contribution in [3.8, 4) is 0 Å². The van der Waals surface area contributed by atoms with Gasteiger partial charge >= 0.3 is 0 Å². The SMILES string of the molecule is Cc1ccc(CNC(=O)CSc2ncccc2Cl)cc1F. The number of aryl methyl sites for hydroxylation is 1. The van der Waals surface area contributed by atoms with E-state index in [2.05, 4.69) is 10.3 Å². The molecule has 1 aromatic heterocycles. The number of halogens is 2. The standard InChI is InChI=1S/C15H14ClFN2OS/c1-10-4-5-11(7-13(10)17)8-19-14(20)9-21-15-12(16)3-2-6-18-15/h2-7H,8-9H2,1H3,(H,19,20). The molecule has 0 atom stereocenters. The fourth-order valence-electron chi connectivity index (χ4n) is 1.61. The summed E-state index contributed by atoms with van der Waals surface area (Å²) in [6, 6.07) is 8.38. The van der Waals surface area contributed by atoms with Crippen LogP contribution in [-0.2, 0) is 11.3 Å². The summed E-state index contributed by atoms with van der Waals surface area (Å²) in [4.78, 5) is 15.8. The minimum Gasteiger partial charge on any atom is -0.351 e. The number of rotatable bonds is 5. The molecule has 0 unspecified atom stereocenters. The zero-order chi connectivity index (χ0) is 15.2. The molecule has 6 heteroatoms. The molecular weight excluding hydrogens is 311 g/mol. The molecular formula is C15H14ClFN2OS. The second-order valence-corrected chi connectivity index (χ2v) is 5.81. The summed E-state index contributed by atoms with van der Waals surface area (Å²) in [5.41, 5.74) is 1.32. The number of hydrogen-bond acceptors (Lipinski definition) is 3. The highest BCUT2D eigenvalue weighted by Gasteiger charge is 2.07. The van der Waals surface area contributed by atoms with Crippen molar-refractivity contribution in [2.75, 3.05) is 5.75 Å². The van der Waals surface area contributed by atoms with Gasteiger partial charge in [-0.3, -0.25) is 4.79 Å². The van der Waals surface area contributed by atoms with E-state index in [1.165, 1.54) is 17.8 Å². The summed E-state index contributed by atoms with van der Waals surface area (Å²) in [6.45, 7) is 2.00. The molecule has 1 aromatic carbocycles. The predicted octanol–water partition coefficient (Wildman–Crippen LogP) is 3.59. The van der Waals surface area contributed by atoms with E-state index in [9.17, 15) is 9.18 Å². The van der Waals surface area contributed by atoms with Crippen molar-refractivity contribution in [2.45, 2.75) is 18.5 Å². The van der Waals surface area contributed by atoms with Gasteiger partial charge in [-0.15, -0.1) is 0 Å². The number of nitrogens with zero attached hydrogens (tertiary/aromatic N) is 1. The molecule has 0 bridgehead atoms. The van der Waals surface area contributed by atoms with E-state index in [0.29, 0.717) is 22.2 Å². The largest absolute Gasteiger partial charge is 0.351 e. The highest BCUT2D eigenvalue weighted by Crippen LogP contribution is 2.23. The molecule has 0 fully saturated rings. The van der Waals surface area contributed by atoms with Crippen molar-refractivity contribution in [2.24, 2.45) is 0 Å². The minimum atomic E-state index is -0.267. The van der Waals surface area contributed by atoms with E-state index in [4.69, 9.17) is 11.6 Å². The first-order valence-electron chi connectivity index (χ1n) is 6.31. The van der Waals surface area contributed by atoms with Crippen LogP contribution in [0.3, 0.4) is 0 Å². The summed E-state index contributed by atoms with van der Waals surface area (Å²) in [5.74, 6) is -0.204. The van der Waals surface area contributed by atoms with Gasteiger partial charge in [0, 0.05) is 12.7 Å². The number of carbonyl (C=O) groups is 1. The molecule has 0 spiro atoms. The molecule has 2 aromatic rings. The van der Waals surface area contributed by atoms with E-state index < -0.39 is 0 Å². The molecule has 0 aliphatic heterocycles. The van der Waals surface area contributed by atoms with Gasteiger partial charge in [0.25, 0.3) is 0 Å². The smallest absolute Gasteiger partial charge is 0.230 e. The van der Waals surface area contributed by atoms with Crippen LogP contribution in [0.15, 0.2) is 41.6 Å². The van der Waals surface area contributed by atoms with Crippen LogP contribution in [0.1, 0.15) is 11.1 Å². The third-order valence-electron chi connectivity index (χ3n) is 2.79. The second kappa shape index (κ2) is 7.43. The van der Waals surface area contributed by atoms with Gasteiger partial charge < -0.3 is 5.32 Å². The molecule has 3 nitrogen and oxygen atoms in total. The Morgan fingerprint density at radius 2 is 2.24 bits per heavy atom. The molecule has 21 heavy (non-hydrogen) atoms. The monoisotopic (exact) mass is 324 g/mol. The van der Waals surface area contributed by atoms with E-state index in [-0.39, 0.29) is 17.5 Å². The lowest BCUT2D eigenvalue weighted by atomic mass is 10.1. The van der Waals surface area contributed by atoms with Gasteiger partial charge in [0.2, 0.25) is 5.91 Å². The van der Waals surface area contributed by atoms with E-state index in [1.807, 2.05) is 0 Å². The molecule has 0 aliphatic rings. The summed E-state index contributed by atoms with van der Waals surface area (Å²) in [7, 11) is 0. The van der Waals surface area contributed by atoms with Gasteiger partial charge in [0.1, 0.15) is 10.8 Å². The summed E-state index contributed by atoms with van der Waals surface area (Å²) < 4.78 is 13.4. The van der Waals surface area contributed by atoms with Crippen molar-refractivity contribution in [3.05, 3.63) is 58.5 Å². The van der Waals surface area contributed by atoms with Crippen LogP contribution in [0.4, 0.5) is 4.39 Å². The lowest BCUT2D eigenvalue weighted by Crippen LogP contribution is -2.24. The Labute approximate surface area is 131 Å². The fourth-order valence-corrected chi connectivity index (χ4v) is 2.61. The highest BCUT2D eigenvalue weighted by molar-refractivity contribution is 8.00. The first-order valence-corrected chi connectivity index (χ1v) is 7.67. The predicted molar refractivity (Wildman–Crippen MR) is 83.0 cm³/mol. The molecule has 1 heterocycles. The lowest BCUT2D eigenvalue weighted by molar-refractivity contribution is -0.118. The van der Waals surface area contributed by atoms with E-state index >= 15 is 0 Å². The van der Waals surface area contributed by atoms with Crippen LogP contribution in [0.25, 0.3) is 0 Å². The number of amides is 1. The van der Waals surface area contributed by atoms with Gasteiger partial charge in [-0.1, -0.05) is 35.5 Å². The van der Waals surface area contributed by atoms with Crippen LogP contribution < -0.4 is 5.32 Å². The Morgan fingerprint density at radius 1 is 1.43 bits per heavy atom. The zero-order valence-electron chi connectivity index (χ0n) is 11.4. The molecule has 2 rings (SSSR count). The second-order valence-electron chi connectivity index (χ2n) is 4.44. The number of aromatic nitrogens is 1. The number of thioether (sulfide) groups is 1. The Hall–Kier alpha value is -1.59. The third-order valence-corrected chi connectivity index (χ3v) is 4.21. The number of pyridine rings is 1. The molecule has 1 N–H and O–H groups in total. The van der Waals surface area contributed by atoms with Crippen LogP contribution in [0, 0.1) is 12.7 Å². The zero-order valence-corrected chi connectivity index (χ0v) is 13.0. The molecule has 0 saturated heterocycles. The van der Waals surface area contributed by atoms with E-state index in [1.54, 1.807) is 37.4 Å². The Balaban J connectivity index is 1.82. The Morgan fingerprint density at radius 3 is 2.95 bits per heavy atom. The van der Waals surface area contributed by atoms with Gasteiger partial charge in [-0.2, -0.15) is 0 Å². The third kappa shape index (κ3) is 4.72. The average Bonchev–Trinajstić information content (AvgIpc) is 2.47. The minimum absolute atomic E-state index is 0.150. The van der Waals surface area contributed by atoms with Crippen molar-refractivity contribution in [3.63, 3.8) is 0 Å². The first kappa shape index (κ1) is 15.8. The Kier molecular flexibility index (Phi) is 5.59. The summed E-state index contributed by atoms with van der Waals surface area (Å²) in [5, 5.41) is 3.88. The maximum absolute atomic E-state index is 13.4. The lowest BCUT2D eigenvalue weighted by Gasteiger charge is -2.06. The topological polar surface area (TPSA) is 42.0 Å². The van der Waals surface area contributed by atoms with Crippen molar-refractivity contribution >= 4 is 29.3 Å². The number of hydrogen-bond donors (Lipinski definition) is 1. The number of benzene rings is 1. The fraction of sp³-hybridized carbons (Fsp3) is 0.200. The van der Waals surface area contributed by atoms with Crippen molar-refractivity contribution < 1.29 is 9.18 Å². The maximum Gasteiger partial charge on any atom is 0.230 e. The average molecular weight is 325 g/mol. The van der Waals surface area contributed by atoms with Gasteiger partial charge in [-0.25, -0.2) is 9.37 Å². The maximum atomic E-state index is 13.4. The normalized spacial score (nSPS) is 10.4. The summed E-state index contributed by atoms with van der Waals surface area (Å²) >= 11 is 7.22. The molecule has 0 saturated carbocycles. The molecule has 0 aliphatic carbocycles. The van der Waals surface area contributed by atoms with Gasteiger partial charge in [0.05, 0.1) is 10.8 Å². The quantitative estimate of drug-likeness (QED) is 0.855. The van der Waals surface area contributed by atoms with Gasteiger partial charge in [-0.05, 0) is 36.2 Å².